The average molecular weight is 492 g/mol. The number of imide groups is 1. The van der Waals surface area contributed by atoms with Gasteiger partial charge in [0, 0.05) is 24.6 Å². The van der Waals surface area contributed by atoms with Gasteiger partial charge in [-0.25, -0.2) is 9.78 Å². The molecule has 4 heterocycles. The van der Waals surface area contributed by atoms with Crippen LogP contribution in [-0.4, -0.2) is 45.0 Å². The summed E-state index contributed by atoms with van der Waals surface area (Å²) >= 11 is 5.99. The van der Waals surface area contributed by atoms with Gasteiger partial charge in [0.2, 0.25) is 0 Å². The van der Waals surface area contributed by atoms with Crippen LogP contribution in [-0.2, 0) is 17.8 Å². The van der Waals surface area contributed by atoms with Gasteiger partial charge >= 0.3 is 6.03 Å². The molecular formula is C27H30ClN5O2. The first-order chi connectivity index (χ1) is 17.0. The number of carbonyl (C=O) groups is 2. The predicted molar refractivity (Wildman–Crippen MR) is 135 cm³/mol. The molecule has 3 amide bonds. The van der Waals surface area contributed by atoms with Crippen molar-refractivity contribution in [1.82, 2.24) is 25.1 Å². The number of hydrogen-bond acceptors (Lipinski definition) is 4. The number of pyridine rings is 1. The molecule has 1 atom stereocenters. The molecule has 35 heavy (non-hydrogen) atoms. The van der Waals surface area contributed by atoms with Gasteiger partial charge in [-0.2, -0.15) is 0 Å². The topological polar surface area (TPSA) is 79.3 Å². The average Bonchev–Trinajstić information content (AvgIpc) is 3.44. The van der Waals surface area contributed by atoms with Crippen LogP contribution in [0.4, 0.5) is 4.79 Å². The largest absolute Gasteiger partial charge is 0.323 e. The number of aryl methyl sites for hydroxylation is 1. The van der Waals surface area contributed by atoms with Crippen LogP contribution in [0, 0.1) is 5.92 Å². The summed E-state index contributed by atoms with van der Waals surface area (Å²) in [4.78, 5) is 32.0. The van der Waals surface area contributed by atoms with Crippen molar-refractivity contribution in [2.75, 3.05) is 13.1 Å². The molecule has 0 unspecified atom stereocenters. The summed E-state index contributed by atoms with van der Waals surface area (Å²) in [5.41, 5.74) is 1.59. The lowest BCUT2D eigenvalue weighted by Gasteiger charge is -2.40. The monoisotopic (exact) mass is 491 g/mol. The number of halogens is 1. The summed E-state index contributed by atoms with van der Waals surface area (Å²) in [5.74, 6) is 0.786. The number of carbonyl (C=O) groups excluding carboxylic acids is 2. The maximum Gasteiger partial charge on any atom is 0.322 e. The van der Waals surface area contributed by atoms with Crippen molar-refractivity contribution in [1.29, 1.82) is 0 Å². The Balaban J connectivity index is 1.22. The van der Waals surface area contributed by atoms with Crippen LogP contribution in [0.3, 0.4) is 0 Å². The van der Waals surface area contributed by atoms with Gasteiger partial charge in [-0.05, 0) is 80.9 Å². The van der Waals surface area contributed by atoms with Crippen molar-refractivity contribution in [3.8, 4) is 5.82 Å². The Morgan fingerprint density at radius 1 is 1.03 bits per heavy atom. The van der Waals surface area contributed by atoms with E-state index in [0.717, 1.165) is 56.8 Å². The summed E-state index contributed by atoms with van der Waals surface area (Å²) < 4.78 is 2.08. The van der Waals surface area contributed by atoms with Gasteiger partial charge in [-0.1, -0.05) is 41.9 Å². The number of nitrogens with zero attached hydrogens (tertiary/aromatic N) is 3. The van der Waals surface area contributed by atoms with Crippen molar-refractivity contribution < 1.29 is 9.59 Å². The molecule has 0 aliphatic carbocycles. The van der Waals surface area contributed by atoms with Gasteiger partial charge in [0.25, 0.3) is 5.91 Å². The summed E-state index contributed by atoms with van der Waals surface area (Å²) in [6.45, 7) is 2.53. The Bertz CT molecular complexity index is 1170. The minimum Gasteiger partial charge on any atom is -0.323 e. The number of rotatable bonds is 8. The van der Waals surface area contributed by atoms with Gasteiger partial charge in [0.05, 0.1) is 5.02 Å². The second-order valence-electron chi connectivity index (χ2n) is 9.47. The summed E-state index contributed by atoms with van der Waals surface area (Å²) in [7, 11) is 0. The highest BCUT2D eigenvalue weighted by Crippen LogP contribution is 2.35. The van der Waals surface area contributed by atoms with E-state index in [9.17, 15) is 9.59 Å². The zero-order valence-corrected chi connectivity index (χ0v) is 20.4. The highest BCUT2D eigenvalue weighted by molar-refractivity contribution is 6.30. The SMILES string of the molecule is O=C1NC(=O)[C@](CCCc2ccccc2)(C2CCN(Cc3cccn3-c3ccc(Cl)cn3)CC2)N1. The molecule has 8 heteroatoms. The van der Waals surface area contributed by atoms with Gasteiger partial charge in [-0.15, -0.1) is 0 Å². The van der Waals surface area contributed by atoms with Gasteiger partial charge in [0.15, 0.2) is 0 Å². The quantitative estimate of drug-likeness (QED) is 0.459. The molecule has 2 aliphatic heterocycles. The Morgan fingerprint density at radius 2 is 1.83 bits per heavy atom. The number of amides is 3. The molecule has 2 N–H and O–H groups in total. The molecule has 7 nitrogen and oxygen atoms in total. The minimum atomic E-state index is -0.814. The van der Waals surface area contributed by atoms with Crippen molar-refractivity contribution >= 4 is 23.5 Å². The first-order valence-corrected chi connectivity index (χ1v) is 12.6. The molecule has 0 radical (unpaired) electrons. The molecule has 0 saturated carbocycles. The summed E-state index contributed by atoms with van der Waals surface area (Å²) in [5, 5.41) is 6.15. The van der Waals surface area contributed by atoms with E-state index in [2.05, 4.69) is 43.3 Å². The molecular weight excluding hydrogens is 462 g/mol. The van der Waals surface area contributed by atoms with Crippen LogP contribution in [0.15, 0.2) is 67.0 Å². The Hall–Kier alpha value is -3.16. The summed E-state index contributed by atoms with van der Waals surface area (Å²) in [6.07, 6.45) is 7.77. The van der Waals surface area contributed by atoms with E-state index in [4.69, 9.17) is 11.6 Å². The number of nitrogens with one attached hydrogen (secondary N) is 2. The van der Waals surface area contributed by atoms with Crippen molar-refractivity contribution in [2.45, 2.75) is 44.2 Å². The minimum absolute atomic E-state index is 0.116. The number of likely N-dealkylation sites (tertiary alicyclic amines) is 1. The molecule has 1 aromatic carbocycles. The molecule has 2 saturated heterocycles. The number of urea groups is 1. The zero-order chi connectivity index (χ0) is 24.3. The second-order valence-corrected chi connectivity index (χ2v) is 9.91. The highest BCUT2D eigenvalue weighted by Gasteiger charge is 2.51. The molecule has 0 bridgehead atoms. The van der Waals surface area contributed by atoms with E-state index in [1.165, 1.54) is 5.56 Å². The van der Waals surface area contributed by atoms with E-state index >= 15 is 0 Å². The molecule has 5 rings (SSSR count). The molecule has 2 aliphatic rings. The number of aromatic nitrogens is 2. The Labute approximate surface area is 210 Å². The van der Waals surface area contributed by atoms with Crippen LogP contribution in [0.25, 0.3) is 5.82 Å². The molecule has 2 aromatic heterocycles. The molecule has 0 spiro atoms. The fraction of sp³-hybridized carbons (Fsp3) is 0.370. The zero-order valence-electron chi connectivity index (χ0n) is 19.6. The lowest BCUT2D eigenvalue weighted by molar-refractivity contribution is -0.127. The Kier molecular flexibility index (Phi) is 6.88. The van der Waals surface area contributed by atoms with Crippen molar-refractivity contribution in [2.24, 2.45) is 5.92 Å². The van der Waals surface area contributed by atoms with E-state index < -0.39 is 5.54 Å². The maximum atomic E-state index is 13.0. The van der Waals surface area contributed by atoms with Crippen LogP contribution < -0.4 is 10.6 Å². The lowest BCUT2D eigenvalue weighted by atomic mass is 9.74. The Morgan fingerprint density at radius 3 is 2.51 bits per heavy atom. The van der Waals surface area contributed by atoms with Crippen LogP contribution in [0.5, 0.6) is 0 Å². The standard InChI is InChI=1S/C27H30ClN5O2/c28-22-10-11-24(29-18-22)33-15-5-9-23(33)19-32-16-12-21(13-17-32)27(25(34)30-26(35)31-27)14-4-8-20-6-2-1-3-7-20/h1-3,5-7,9-11,15,18,21H,4,8,12-14,16-17,19H2,(H2,30,31,34,35)/t27-/m0/s1. The van der Waals surface area contributed by atoms with Crippen molar-refractivity contribution in [3.05, 3.63) is 83.3 Å². The normalized spacial score (nSPS) is 21.2. The van der Waals surface area contributed by atoms with E-state index in [1.807, 2.05) is 42.6 Å². The van der Waals surface area contributed by atoms with Gasteiger partial charge in [0.1, 0.15) is 11.4 Å². The third-order valence-corrected chi connectivity index (χ3v) is 7.53. The number of benzene rings is 1. The van der Waals surface area contributed by atoms with E-state index in [-0.39, 0.29) is 17.9 Å². The maximum absolute atomic E-state index is 13.0. The number of hydrogen-bond donors (Lipinski definition) is 2. The van der Waals surface area contributed by atoms with E-state index in [0.29, 0.717) is 11.4 Å². The van der Waals surface area contributed by atoms with Crippen LogP contribution in [0.2, 0.25) is 5.02 Å². The third-order valence-electron chi connectivity index (χ3n) is 7.31. The van der Waals surface area contributed by atoms with Crippen LogP contribution in [0.1, 0.15) is 36.9 Å². The van der Waals surface area contributed by atoms with Crippen molar-refractivity contribution in [3.63, 3.8) is 0 Å². The lowest BCUT2D eigenvalue weighted by Crippen LogP contribution is -2.56. The molecule has 2 fully saturated rings. The number of piperidine rings is 1. The third kappa shape index (κ3) is 5.11. The highest BCUT2D eigenvalue weighted by atomic mass is 35.5. The summed E-state index contributed by atoms with van der Waals surface area (Å²) in [6, 6.07) is 17.8. The molecule has 182 valence electrons. The smallest absolute Gasteiger partial charge is 0.322 e. The van der Waals surface area contributed by atoms with Crippen LogP contribution >= 0.6 is 11.6 Å². The molecule has 3 aromatic rings. The first kappa shape index (κ1) is 23.6. The van der Waals surface area contributed by atoms with Gasteiger partial charge < -0.3 is 9.88 Å². The first-order valence-electron chi connectivity index (χ1n) is 12.2. The predicted octanol–water partition coefficient (Wildman–Crippen LogP) is 4.34. The second kappa shape index (κ2) is 10.2. The fourth-order valence-corrected chi connectivity index (χ4v) is 5.59. The fourth-order valence-electron chi connectivity index (χ4n) is 5.48. The van der Waals surface area contributed by atoms with E-state index in [1.54, 1.807) is 6.20 Å². The van der Waals surface area contributed by atoms with Gasteiger partial charge in [-0.3, -0.25) is 15.0 Å².